The highest BCUT2D eigenvalue weighted by Crippen LogP contribution is 2.29. The molecule has 29 heavy (non-hydrogen) atoms. The second kappa shape index (κ2) is 8.51. The normalized spacial score (nSPS) is 19.8. The van der Waals surface area contributed by atoms with Gasteiger partial charge in [0, 0.05) is 13.1 Å². The maximum atomic E-state index is 12.6. The third kappa shape index (κ3) is 5.33. The fourth-order valence-electron chi connectivity index (χ4n) is 2.94. The third-order valence-electron chi connectivity index (χ3n) is 4.48. The molecular weight excluding hydrogens is 407 g/mol. The van der Waals surface area contributed by atoms with Crippen molar-refractivity contribution in [3.8, 4) is 6.07 Å². The molecule has 0 bridgehead atoms. The Hall–Kier alpha value is -2.45. The molecule has 0 aliphatic carbocycles. The Morgan fingerprint density at radius 2 is 1.90 bits per heavy atom. The lowest BCUT2D eigenvalue weighted by atomic mass is 10.1. The number of hydrogen-bond donors (Lipinski definition) is 2. The van der Waals surface area contributed by atoms with E-state index in [1.54, 1.807) is 0 Å². The number of alkyl halides is 3. The number of halogens is 3. The van der Waals surface area contributed by atoms with Crippen molar-refractivity contribution >= 4 is 10.0 Å². The van der Waals surface area contributed by atoms with Crippen LogP contribution in [0.1, 0.15) is 16.7 Å². The van der Waals surface area contributed by atoms with Crippen molar-refractivity contribution < 1.29 is 26.3 Å². The average Bonchev–Trinajstić information content (AvgIpc) is 3.12. The van der Waals surface area contributed by atoms with Crippen molar-refractivity contribution in [3.63, 3.8) is 0 Å². The van der Waals surface area contributed by atoms with Gasteiger partial charge in [0.15, 0.2) is 0 Å². The summed E-state index contributed by atoms with van der Waals surface area (Å²) in [7, 11) is -3.86. The molecule has 2 aromatic rings. The zero-order valence-electron chi connectivity index (χ0n) is 15.1. The van der Waals surface area contributed by atoms with Crippen LogP contribution in [-0.2, 0) is 27.5 Å². The average molecular weight is 425 g/mol. The van der Waals surface area contributed by atoms with Gasteiger partial charge >= 0.3 is 6.18 Å². The van der Waals surface area contributed by atoms with Crippen molar-refractivity contribution in [2.24, 2.45) is 0 Å². The lowest BCUT2D eigenvalue weighted by Crippen LogP contribution is -2.43. The smallest absolute Gasteiger partial charge is 0.371 e. The van der Waals surface area contributed by atoms with Crippen LogP contribution in [0.2, 0.25) is 0 Å². The standard InChI is InChI=1S/C19H18F3N3O3S/c20-19(21,22)15-6-4-13(5-7-15)12-28-18-11-24-10-17(18)25-29(26,27)16-3-1-2-14(8-16)9-23/h1-8,17-18,24-25H,10-12H2/t17-,18-/m1/s1. The van der Waals surface area contributed by atoms with Gasteiger partial charge in [-0.15, -0.1) is 0 Å². The molecule has 10 heteroatoms. The highest BCUT2D eigenvalue weighted by atomic mass is 32.2. The van der Waals surface area contributed by atoms with Crippen LogP contribution in [-0.4, -0.2) is 33.7 Å². The van der Waals surface area contributed by atoms with Crippen molar-refractivity contribution in [3.05, 3.63) is 65.2 Å². The minimum atomic E-state index is -4.40. The van der Waals surface area contributed by atoms with Gasteiger partial charge in [-0.05, 0) is 35.9 Å². The third-order valence-corrected chi connectivity index (χ3v) is 5.97. The molecule has 0 spiro atoms. The first-order valence-electron chi connectivity index (χ1n) is 8.70. The molecule has 0 amide bonds. The summed E-state index contributed by atoms with van der Waals surface area (Å²) in [5, 5.41) is 12.0. The molecule has 0 saturated carbocycles. The quantitative estimate of drug-likeness (QED) is 0.742. The lowest BCUT2D eigenvalue weighted by Gasteiger charge is -2.21. The monoisotopic (exact) mass is 425 g/mol. The first-order valence-corrected chi connectivity index (χ1v) is 10.2. The molecule has 6 nitrogen and oxygen atoms in total. The first kappa shape index (κ1) is 21.3. The van der Waals surface area contributed by atoms with E-state index in [4.69, 9.17) is 10.00 Å². The zero-order valence-corrected chi connectivity index (χ0v) is 15.9. The summed E-state index contributed by atoms with van der Waals surface area (Å²) in [6.07, 6.45) is -4.90. The zero-order chi connectivity index (χ0) is 21.1. The second-order valence-corrected chi connectivity index (χ2v) is 8.28. The van der Waals surface area contributed by atoms with Crippen LogP contribution in [0.3, 0.4) is 0 Å². The van der Waals surface area contributed by atoms with Crippen LogP contribution in [0.25, 0.3) is 0 Å². The predicted molar refractivity (Wildman–Crippen MR) is 98.2 cm³/mol. The summed E-state index contributed by atoms with van der Waals surface area (Å²) in [5.74, 6) is 0. The maximum absolute atomic E-state index is 12.6. The summed E-state index contributed by atoms with van der Waals surface area (Å²) in [4.78, 5) is -0.0232. The molecule has 154 valence electrons. The van der Waals surface area contributed by atoms with E-state index >= 15 is 0 Å². The molecule has 0 unspecified atom stereocenters. The lowest BCUT2D eigenvalue weighted by molar-refractivity contribution is -0.137. The molecule has 1 saturated heterocycles. The van der Waals surface area contributed by atoms with Gasteiger partial charge in [-0.25, -0.2) is 13.1 Å². The van der Waals surface area contributed by atoms with Crippen LogP contribution in [0, 0.1) is 11.3 Å². The Kier molecular flexibility index (Phi) is 6.24. The molecule has 1 aliphatic rings. The van der Waals surface area contributed by atoms with Crippen LogP contribution in [0.4, 0.5) is 13.2 Å². The van der Waals surface area contributed by atoms with Crippen molar-refractivity contribution in [2.75, 3.05) is 13.1 Å². The van der Waals surface area contributed by atoms with Gasteiger partial charge in [-0.1, -0.05) is 18.2 Å². The Morgan fingerprint density at radius 3 is 2.55 bits per heavy atom. The number of rotatable bonds is 6. The molecule has 3 rings (SSSR count). The number of sulfonamides is 1. The summed E-state index contributed by atoms with van der Waals surface area (Å²) < 4.78 is 71.4. The fraction of sp³-hybridized carbons (Fsp3) is 0.316. The number of benzene rings is 2. The van der Waals surface area contributed by atoms with E-state index in [2.05, 4.69) is 10.0 Å². The number of ether oxygens (including phenoxy) is 1. The maximum Gasteiger partial charge on any atom is 0.416 e. The number of nitrogens with zero attached hydrogens (tertiary/aromatic N) is 1. The van der Waals surface area contributed by atoms with Gasteiger partial charge in [0.25, 0.3) is 0 Å². The molecule has 1 fully saturated rings. The Labute approximate surface area is 166 Å². The van der Waals surface area contributed by atoms with Gasteiger partial charge in [0.2, 0.25) is 10.0 Å². The van der Waals surface area contributed by atoms with Crippen molar-refractivity contribution in [1.29, 1.82) is 5.26 Å². The molecule has 2 atom stereocenters. The highest BCUT2D eigenvalue weighted by molar-refractivity contribution is 7.89. The van der Waals surface area contributed by atoms with Gasteiger partial charge in [0.05, 0.1) is 40.8 Å². The van der Waals surface area contributed by atoms with Gasteiger partial charge in [-0.3, -0.25) is 0 Å². The first-order chi connectivity index (χ1) is 13.7. The Morgan fingerprint density at radius 1 is 1.17 bits per heavy atom. The number of nitriles is 1. The van der Waals surface area contributed by atoms with Gasteiger partial charge in [0.1, 0.15) is 0 Å². The molecule has 0 radical (unpaired) electrons. The van der Waals surface area contributed by atoms with E-state index in [0.29, 0.717) is 18.7 Å². The molecular formula is C19H18F3N3O3S. The van der Waals surface area contributed by atoms with Crippen LogP contribution >= 0.6 is 0 Å². The van der Waals surface area contributed by atoms with E-state index < -0.39 is 33.9 Å². The highest BCUT2D eigenvalue weighted by Gasteiger charge is 2.32. The topological polar surface area (TPSA) is 91.2 Å². The Bertz CT molecular complexity index is 1000. The molecule has 0 aromatic heterocycles. The fourth-order valence-corrected chi connectivity index (χ4v) is 4.25. The van der Waals surface area contributed by atoms with E-state index in [-0.39, 0.29) is 17.1 Å². The minimum Gasteiger partial charge on any atom is -0.371 e. The van der Waals surface area contributed by atoms with Gasteiger partial charge < -0.3 is 10.1 Å². The summed E-state index contributed by atoms with van der Waals surface area (Å²) in [5.41, 5.74) is 0.0368. The van der Waals surface area contributed by atoms with Crippen LogP contribution < -0.4 is 10.0 Å². The molecule has 1 aliphatic heterocycles. The molecule has 2 aromatic carbocycles. The summed E-state index contributed by atoms with van der Waals surface area (Å²) >= 11 is 0. The minimum absolute atomic E-state index is 0.0232. The SMILES string of the molecule is N#Cc1cccc(S(=O)(=O)N[C@@H]2CNC[C@H]2OCc2ccc(C(F)(F)F)cc2)c1. The number of nitrogens with one attached hydrogen (secondary N) is 2. The summed E-state index contributed by atoms with van der Waals surface area (Å²) in [6.45, 7) is 0.785. The Balaban J connectivity index is 1.63. The van der Waals surface area contributed by atoms with Crippen LogP contribution in [0.5, 0.6) is 0 Å². The van der Waals surface area contributed by atoms with Crippen molar-refractivity contribution in [2.45, 2.75) is 29.8 Å². The van der Waals surface area contributed by atoms with Gasteiger partial charge in [-0.2, -0.15) is 18.4 Å². The van der Waals surface area contributed by atoms with E-state index in [0.717, 1.165) is 12.1 Å². The molecule has 1 heterocycles. The van der Waals surface area contributed by atoms with E-state index in [9.17, 15) is 21.6 Å². The number of hydrogen-bond acceptors (Lipinski definition) is 5. The summed E-state index contributed by atoms with van der Waals surface area (Å²) in [6, 6.07) is 11.6. The second-order valence-electron chi connectivity index (χ2n) is 6.57. The van der Waals surface area contributed by atoms with Crippen molar-refractivity contribution in [1.82, 2.24) is 10.0 Å². The largest absolute Gasteiger partial charge is 0.416 e. The van der Waals surface area contributed by atoms with E-state index in [1.165, 1.54) is 36.4 Å². The predicted octanol–water partition coefficient (Wildman–Crippen LogP) is 2.41. The van der Waals surface area contributed by atoms with Crippen LogP contribution in [0.15, 0.2) is 53.4 Å². The molecule has 2 N–H and O–H groups in total. The van der Waals surface area contributed by atoms with E-state index in [1.807, 2.05) is 6.07 Å².